The smallest absolute Gasteiger partial charge is 0.132 e. The van der Waals surface area contributed by atoms with Gasteiger partial charge in [-0.15, -0.1) is 0 Å². The Bertz CT molecular complexity index is 666. The van der Waals surface area contributed by atoms with E-state index in [2.05, 4.69) is 22.5 Å². The highest BCUT2D eigenvalue weighted by atomic mass is 35.5. The Kier molecular flexibility index (Phi) is 5.56. The first kappa shape index (κ1) is 17.4. The average Bonchev–Trinajstić information content (AvgIpc) is 2.84. The fourth-order valence-electron chi connectivity index (χ4n) is 3.00. The molecule has 0 aliphatic carbocycles. The molecule has 1 aliphatic rings. The number of aryl methyl sites for hydroxylation is 1. The van der Waals surface area contributed by atoms with Crippen LogP contribution in [0.4, 0.5) is 0 Å². The minimum absolute atomic E-state index is 0.538. The molecule has 0 amide bonds. The van der Waals surface area contributed by atoms with E-state index in [0.717, 1.165) is 16.8 Å². The molecule has 24 heavy (non-hydrogen) atoms. The Morgan fingerprint density at radius 3 is 2.71 bits per heavy atom. The molecule has 2 aromatic rings. The average molecular weight is 350 g/mol. The van der Waals surface area contributed by atoms with E-state index in [-0.39, 0.29) is 0 Å². The molecule has 1 fully saturated rings. The van der Waals surface area contributed by atoms with Crippen LogP contribution in [0.1, 0.15) is 29.7 Å². The van der Waals surface area contributed by atoms with Gasteiger partial charge in [-0.3, -0.25) is 0 Å². The van der Waals surface area contributed by atoms with Crippen LogP contribution in [0.3, 0.4) is 0 Å². The van der Waals surface area contributed by atoms with Crippen LogP contribution >= 0.6 is 11.6 Å². The topological polar surface area (TPSA) is 59.3 Å². The molecule has 5 nitrogen and oxygen atoms in total. The van der Waals surface area contributed by atoms with Gasteiger partial charge in [0.15, 0.2) is 0 Å². The fourth-order valence-corrected chi connectivity index (χ4v) is 3.30. The van der Waals surface area contributed by atoms with Crippen molar-refractivity contribution < 1.29 is 9.84 Å². The monoisotopic (exact) mass is 349 g/mol. The molecule has 1 aliphatic heterocycles. The van der Waals surface area contributed by atoms with Crippen molar-refractivity contribution in [3.63, 3.8) is 0 Å². The van der Waals surface area contributed by atoms with Gasteiger partial charge in [-0.2, -0.15) is 5.10 Å². The number of ether oxygens (including phenoxy) is 1. The summed E-state index contributed by atoms with van der Waals surface area (Å²) >= 11 is 6.51. The van der Waals surface area contributed by atoms with Gasteiger partial charge in [0.1, 0.15) is 5.15 Å². The number of nitrogens with one attached hydrogen (secondary N) is 1. The van der Waals surface area contributed by atoms with Crippen LogP contribution in [-0.2, 0) is 17.8 Å². The van der Waals surface area contributed by atoms with Gasteiger partial charge in [0.05, 0.1) is 17.8 Å². The minimum Gasteiger partial charge on any atom is -0.388 e. The van der Waals surface area contributed by atoms with Gasteiger partial charge >= 0.3 is 0 Å². The molecule has 1 aromatic carbocycles. The largest absolute Gasteiger partial charge is 0.388 e. The number of nitrogens with zero attached hydrogens (tertiary/aromatic N) is 2. The Labute approximate surface area is 147 Å². The SMILES string of the molecule is Cc1nn(Cc2ccccc2)c(Cl)c1CNCC1(O)CCOCC1. The Morgan fingerprint density at radius 1 is 1.29 bits per heavy atom. The third-order valence-electron chi connectivity index (χ3n) is 4.54. The summed E-state index contributed by atoms with van der Waals surface area (Å²) in [7, 11) is 0. The number of hydrogen-bond donors (Lipinski definition) is 2. The number of aliphatic hydroxyl groups is 1. The second-order valence-electron chi connectivity index (χ2n) is 6.44. The summed E-state index contributed by atoms with van der Waals surface area (Å²) in [6, 6.07) is 10.1. The number of aromatic nitrogens is 2. The highest BCUT2D eigenvalue weighted by Gasteiger charge is 2.29. The van der Waals surface area contributed by atoms with Crippen molar-refractivity contribution in [2.45, 2.75) is 38.5 Å². The van der Waals surface area contributed by atoms with Crippen LogP contribution in [0.2, 0.25) is 5.15 Å². The van der Waals surface area contributed by atoms with Crippen molar-refractivity contribution in [3.05, 3.63) is 52.3 Å². The number of benzene rings is 1. The van der Waals surface area contributed by atoms with Gasteiger partial charge in [-0.25, -0.2) is 4.68 Å². The maximum Gasteiger partial charge on any atom is 0.132 e. The van der Waals surface area contributed by atoms with Gasteiger partial charge in [-0.1, -0.05) is 41.9 Å². The molecule has 3 rings (SSSR count). The van der Waals surface area contributed by atoms with Crippen molar-refractivity contribution in [1.82, 2.24) is 15.1 Å². The number of halogens is 1. The van der Waals surface area contributed by atoms with Crippen LogP contribution in [-0.4, -0.2) is 40.2 Å². The van der Waals surface area contributed by atoms with Crippen molar-refractivity contribution >= 4 is 11.6 Å². The van der Waals surface area contributed by atoms with E-state index in [1.807, 2.05) is 29.8 Å². The second kappa shape index (κ2) is 7.66. The lowest BCUT2D eigenvalue weighted by Crippen LogP contribution is -2.44. The zero-order valence-corrected chi connectivity index (χ0v) is 14.7. The Balaban J connectivity index is 1.61. The lowest BCUT2D eigenvalue weighted by molar-refractivity contribution is -0.0617. The van der Waals surface area contributed by atoms with E-state index in [4.69, 9.17) is 16.3 Å². The first-order valence-corrected chi connectivity index (χ1v) is 8.72. The van der Waals surface area contributed by atoms with Gasteiger partial charge in [0, 0.05) is 44.7 Å². The molecule has 0 radical (unpaired) electrons. The maximum atomic E-state index is 10.5. The third kappa shape index (κ3) is 4.16. The predicted octanol–water partition coefficient (Wildman–Crippen LogP) is 2.52. The summed E-state index contributed by atoms with van der Waals surface area (Å²) in [5.41, 5.74) is 2.39. The van der Waals surface area contributed by atoms with E-state index >= 15 is 0 Å². The molecule has 2 heterocycles. The lowest BCUT2D eigenvalue weighted by Gasteiger charge is -2.32. The summed E-state index contributed by atoms with van der Waals surface area (Å²) in [5.74, 6) is 0. The first-order valence-electron chi connectivity index (χ1n) is 8.34. The Morgan fingerprint density at radius 2 is 2.00 bits per heavy atom. The maximum absolute atomic E-state index is 10.5. The first-order chi connectivity index (χ1) is 11.6. The van der Waals surface area contributed by atoms with E-state index in [9.17, 15) is 5.11 Å². The van der Waals surface area contributed by atoms with Crippen molar-refractivity contribution in [1.29, 1.82) is 0 Å². The number of rotatable bonds is 6. The molecule has 0 bridgehead atoms. The van der Waals surface area contributed by atoms with Crippen molar-refractivity contribution in [3.8, 4) is 0 Å². The van der Waals surface area contributed by atoms with Crippen molar-refractivity contribution in [2.24, 2.45) is 0 Å². The van der Waals surface area contributed by atoms with E-state index in [1.54, 1.807) is 0 Å². The molecule has 0 atom stereocenters. The van der Waals surface area contributed by atoms with E-state index < -0.39 is 5.60 Å². The van der Waals surface area contributed by atoms with Gasteiger partial charge in [0.25, 0.3) is 0 Å². The molecule has 130 valence electrons. The summed E-state index contributed by atoms with van der Waals surface area (Å²) < 4.78 is 7.13. The molecule has 0 unspecified atom stereocenters. The molecular weight excluding hydrogens is 326 g/mol. The molecule has 0 spiro atoms. The molecule has 1 aromatic heterocycles. The molecule has 6 heteroatoms. The van der Waals surface area contributed by atoms with Crippen LogP contribution in [0.15, 0.2) is 30.3 Å². The van der Waals surface area contributed by atoms with Crippen LogP contribution < -0.4 is 5.32 Å². The third-order valence-corrected chi connectivity index (χ3v) is 4.96. The molecule has 2 N–H and O–H groups in total. The molecule has 0 saturated carbocycles. The van der Waals surface area contributed by atoms with Crippen LogP contribution in [0.5, 0.6) is 0 Å². The highest BCUT2D eigenvalue weighted by Crippen LogP contribution is 2.22. The van der Waals surface area contributed by atoms with Crippen LogP contribution in [0.25, 0.3) is 0 Å². The standard InChI is InChI=1S/C18H24ClN3O2/c1-14-16(11-20-13-18(23)7-9-24-10-8-18)17(19)22(21-14)12-15-5-3-2-4-6-15/h2-6,20,23H,7-13H2,1H3. The number of hydrogen-bond acceptors (Lipinski definition) is 4. The van der Waals surface area contributed by atoms with E-state index in [0.29, 0.717) is 50.8 Å². The minimum atomic E-state index is -0.682. The molecular formula is C18H24ClN3O2. The second-order valence-corrected chi connectivity index (χ2v) is 6.80. The molecule has 1 saturated heterocycles. The van der Waals surface area contributed by atoms with E-state index in [1.165, 1.54) is 0 Å². The van der Waals surface area contributed by atoms with Crippen molar-refractivity contribution in [2.75, 3.05) is 19.8 Å². The Hall–Kier alpha value is -1.40. The van der Waals surface area contributed by atoms with Crippen LogP contribution in [0, 0.1) is 6.92 Å². The zero-order chi connectivity index (χ0) is 17.0. The predicted molar refractivity (Wildman–Crippen MR) is 94.2 cm³/mol. The zero-order valence-electron chi connectivity index (χ0n) is 14.0. The quantitative estimate of drug-likeness (QED) is 0.841. The summed E-state index contributed by atoms with van der Waals surface area (Å²) in [6.45, 7) is 4.99. The summed E-state index contributed by atoms with van der Waals surface area (Å²) in [5, 5.41) is 19.0. The van der Waals surface area contributed by atoms with Gasteiger partial charge < -0.3 is 15.2 Å². The summed E-state index contributed by atoms with van der Waals surface area (Å²) in [6.07, 6.45) is 1.33. The lowest BCUT2D eigenvalue weighted by atomic mass is 9.94. The summed E-state index contributed by atoms with van der Waals surface area (Å²) in [4.78, 5) is 0. The van der Waals surface area contributed by atoms with Gasteiger partial charge in [-0.05, 0) is 12.5 Å². The normalized spacial score (nSPS) is 17.1. The fraction of sp³-hybridized carbons (Fsp3) is 0.500. The van der Waals surface area contributed by atoms with Gasteiger partial charge in [0.2, 0.25) is 0 Å². The highest BCUT2D eigenvalue weighted by molar-refractivity contribution is 6.30.